The van der Waals surface area contributed by atoms with E-state index in [4.69, 9.17) is 7.48 Å². The minimum Gasteiger partial charge on any atom is -0.374 e. The van der Waals surface area contributed by atoms with Crippen LogP contribution in [0.4, 0.5) is 0 Å². The number of ether oxygens (including phenoxy) is 1. The summed E-state index contributed by atoms with van der Waals surface area (Å²) in [5.41, 5.74) is 0. The number of aromatic nitrogens is 2. The Morgan fingerprint density at radius 2 is 2.30 bits per heavy atom. The van der Waals surface area contributed by atoms with E-state index in [9.17, 15) is 0 Å². The topological polar surface area (TPSA) is 35.0 Å². The molecule has 54 valence electrons. The quantitative estimate of drug-likeness (QED) is 0.628. The second kappa shape index (κ2) is 3.95. The minimum atomic E-state index is -1.88. The van der Waals surface area contributed by atoms with Gasteiger partial charge in [-0.05, 0) is 13.0 Å². The van der Waals surface area contributed by atoms with Crippen molar-refractivity contribution in [1.29, 1.82) is 0 Å². The van der Waals surface area contributed by atoms with Crippen molar-refractivity contribution in [3.8, 4) is 0 Å². The molecule has 0 amide bonds. The Morgan fingerprint density at radius 1 is 1.60 bits per heavy atom. The zero-order chi connectivity index (χ0) is 9.03. The highest BCUT2D eigenvalue weighted by molar-refractivity contribution is 4.86. The maximum atomic E-state index is 7.39. The predicted octanol–water partition coefficient (Wildman–Crippen LogP) is 1.01. The van der Waals surface area contributed by atoms with Crippen LogP contribution in [0.25, 0.3) is 0 Å². The van der Waals surface area contributed by atoms with Gasteiger partial charge in [0, 0.05) is 19.0 Å². The molecule has 0 aromatic carbocycles. The number of rotatable bonds is 3. The highest BCUT2D eigenvalue weighted by Gasteiger charge is 1.90. The summed E-state index contributed by atoms with van der Waals surface area (Å²) in [6.07, 6.45) is 2.97. The Kier molecular flexibility index (Phi) is 1.90. The lowest BCUT2D eigenvalue weighted by atomic mass is 10.6. The normalized spacial score (nSPS) is 14.1. The average Bonchev–Trinajstić information content (AvgIpc) is 2.06. The van der Waals surface area contributed by atoms with Crippen molar-refractivity contribution < 1.29 is 7.48 Å². The van der Waals surface area contributed by atoms with Crippen molar-refractivity contribution in [2.75, 3.05) is 6.61 Å². The zero-order valence-electron chi connectivity index (χ0n) is 7.74. The molecule has 0 aliphatic heterocycles. The van der Waals surface area contributed by atoms with Crippen LogP contribution in [0.1, 0.15) is 15.5 Å². The lowest BCUT2D eigenvalue weighted by Crippen LogP contribution is -1.96. The largest absolute Gasteiger partial charge is 0.374 e. The van der Waals surface area contributed by atoms with Crippen molar-refractivity contribution in [1.82, 2.24) is 9.97 Å². The summed E-state index contributed by atoms with van der Waals surface area (Å²) in [4.78, 5) is 7.52. The molecule has 0 atom stereocenters. The fourth-order valence-corrected chi connectivity index (χ4v) is 0.489. The molecule has 0 aliphatic rings. The number of nitrogens with zero attached hydrogens (tertiary/aromatic N) is 2. The van der Waals surface area contributed by atoms with Crippen LogP contribution in [-0.2, 0) is 11.3 Å². The third-order valence-corrected chi connectivity index (χ3v) is 0.874. The van der Waals surface area contributed by atoms with E-state index >= 15 is 0 Å². The van der Waals surface area contributed by atoms with E-state index < -0.39 is 6.56 Å². The lowest BCUT2D eigenvalue weighted by molar-refractivity contribution is 0.128. The van der Waals surface area contributed by atoms with Gasteiger partial charge in [0.2, 0.25) is 0 Å². The van der Waals surface area contributed by atoms with Gasteiger partial charge in [0.05, 0.1) is 2.74 Å². The van der Waals surface area contributed by atoms with Gasteiger partial charge in [-0.2, -0.15) is 0 Å². The summed E-state index contributed by atoms with van der Waals surface area (Å²) >= 11 is 0. The van der Waals surface area contributed by atoms with Crippen molar-refractivity contribution in [2.24, 2.45) is 0 Å². The molecule has 1 aromatic rings. The SMILES string of the molecule is [2H]C([2H])(OCC)c1ncccn1. The number of hydrogen-bond acceptors (Lipinski definition) is 3. The summed E-state index contributed by atoms with van der Waals surface area (Å²) in [5, 5.41) is 0. The first-order valence-corrected chi connectivity index (χ1v) is 3.08. The van der Waals surface area contributed by atoms with Crippen LogP contribution < -0.4 is 0 Å². The second-order valence-corrected chi connectivity index (χ2v) is 1.61. The first-order valence-electron chi connectivity index (χ1n) is 4.08. The van der Waals surface area contributed by atoms with Crippen LogP contribution >= 0.6 is 0 Å². The summed E-state index contributed by atoms with van der Waals surface area (Å²) in [7, 11) is 0. The number of hydrogen-bond donors (Lipinski definition) is 0. The summed E-state index contributed by atoms with van der Waals surface area (Å²) < 4.78 is 19.6. The summed E-state index contributed by atoms with van der Waals surface area (Å²) in [6, 6.07) is 1.63. The molecule has 3 nitrogen and oxygen atoms in total. The van der Waals surface area contributed by atoms with Gasteiger partial charge in [-0.1, -0.05) is 0 Å². The van der Waals surface area contributed by atoms with Crippen LogP contribution in [0.5, 0.6) is 0 Å². The van der Waals surface area contributed by atoms with Crippen LogP contribution in [-0.4, -0.2) is 16.6 Å². The third-order valence-electron chi connectivity index (χ3n) is 0.874. The Bertz CT molecular complexity index is 240. The highest BCUT2D eigenvalue weighted by Crippen LogP contribution is 1.89. The Balaban J connectivity index is 2.82. The van der Waals surface area contributed by atoms with Gasteiger partial charge in [-0.15, -0.1) is 0 Å². The van der Waals surface area contributed by atoms with Crippen LogP contribution in [0.15, 0.2) is 18.5 Å². The minimum absolute atomic E-state index is 0.0619. The van der Waals surface area contributed by atoms with Crippen molar-refractivity contribution >= 4 is 0 Å². The van der Waals surface area contributed by atoms with E-state index in [1.165, 1.54) is 12.4 Å². The molecule has 0 spiro atoms. The molecule has 0 unspecified atom stereocenters. The van der Waals surface area contributed by atoms with Gasteiger partial charge in [-0.3, -0.25) is 0 Å². The molecular formula is C7H10N2O. The molecule has 3 heteroatoms. The summed E-state index contributed by atoms with van der Waals surface area (Å²) in [6.45, 7) is 0.141. The van der Waals surface area contributed by atoms with E-state index in [0.717, 1.165) is 0 Å². The monoisotopic (exact) mass is 140 g/mol. The van der Waals surface area contributed by atoms with Crippen LogP contribution in [0.3, 0.4) is 0 Å². The Labute approximate surface area is 62.9 Å². The predicted molar refractivity (Wildman–Crippen MR) is 37.4 cm³/mol. The molecule has 1 rings (SSSR count). The second-order valence-electron chi connectivity index (χ2n) is 1.61. The zero-order valence-corrected chi connectivity index (χ0v) is 5.74. The maximum Gasteiger partial charge on any atom is 0.153 e. The first-order chi connectivity index (χ1) is 5.67. The van der Waals surface area contributed by atoms with Gasteiger partial charge in [0.1, 0.15) is 6.56 Å². The Hall–Kier alpha value is -0.960. The molecule has 0 saturated heterocycles. The molecule has 0 saturated carbocycles. The third kappa shape index (κ3) is 2.11. The Morgan fingerprint density at radius 3 is 2.90 bits per heavy atom. The summed E-state index contributed by atoms with van der Waals surface area (Å²) in [5.74, 6) is 0.0619. The molecule has 0 fully saturated rings. The van der Waals surface area contributed by atoms with Gasteiger partial charge in [0.25, 0.3) is 0 Å². The van der Waals surface area contributed by atoms with Gasteiger partial charge in [-0.25, -0.2) is 9.97 Å². The fourth-order valence-electron chi connectivity index (χ4n) is 0.489. The fraction of sp³-hybridized carbons (Fsp3) is 0.429. The van der Waals surface area contributed by atoms with Gasteiger partial charge < -0.3 is 4.74 Å². The lowest BCUT2D eigenvalue weighted by Gasteiger charge is -1.96. The van der Waals surface area contributed by atoms with Crippen molar-refractivity contribution in [2.45, 2.75) is 13.5 Å². The van der Waals surface area contributed by atoms with E-state index in [1.807, 2.05) is 0 Å². The molecule has 1 heterocycles. The molecule has 1 aromatic heterocycles. The smallest absolute Gasteiger partial charge is 0.153 e. The van der Waals surface area contributed by atoms with Gasteiger partial charge >= 0.3 is 0 Å². The molecular weight excluding hydrogens is 128 g/mol. The van der Waals surface area contributed by atoms with E-state index in [2.05, 4.69) is 9.97 Å². The molecule has 10 heavy (non-hydrogen) atoms. The highest BCUT2D eigenvalue weighted by atomic mass is 16.5. The van der Waals surface area contributed by atoms with E-state index in [-0.39, 0.29) is 5.82 Å². The first kappa shape index (κ1) is 4.79. The van der Waals surface area contributed by atoms with E-state index in [1.54, 1.807) is 13.0 Å². The molecule has 0 N–H and O–H groups in total. The van der Waals surface area contributed by atoms with Crippen molar-refractivity contribution in [3.05, 3.63) is 24.3 Å². The average molecular weight is 140 g/mol. The van der Waals surface area contributed by atoms with Crippen LogP contribution in [0, 0.1) is 0 Å². The molecule has 0 bridgehead atoms. The maximum absolute atomic E-state index is 7.39. The molecule has 0 aliphatic carbocycles. The van der Waals surface area contributed by atoms with Crippen LogP contribution in [0.2, 0.25) is 0 Å². The van der Waals surface area contributed by atoms with Gasteiger partial charge in [0.15, 0.2) is 5.82 Å². The van der Waals surface area contributed by atoms with E-state index in [0.29, 0.717) is 6.61 Å². The standard InChI is InChI=1S/C7H10N2O/c1-2-10-6-7-8-4-3-5-9-7/h3-5H,2,6H2,1H3/i6D2. The van der Waals surface area contributed by atoms with Crippen molar-refractivity contribution in [3.63, 3.8) is 0 Å². The molecule has 0 radical (unpaired) electrons.